The molecule has 0 spiro atoms. The van der Waals surface area contributed by atoms with E-state index in [1.54, 1.807) is 6.07 Å². The lowest BCUT2D eigenvalue weighted by atomic mass is 9.87. The third-order valence-corrected chi connectivity index (χ3v) is 7.58. The molecule has 1 fully saturated rings. The first-order valence-corrected chi connectivity index (χ1v) is 11.8. The zero-order valence-electron chi connectivity index (χ0n) is 17.7. The van der Waals surface area contributed by atoms with Gasteiger partial charge in [0.15, 0.2) is 0 Å². The van der Waals surface area contributed by atoms with Crippen LogP contribution in [0, 0.1) is 12.7 Å². The van der Waals surface area contributed by atoms with Crippen molar-refractivity contribution < 1.29 is 9.18 Å². The summed E-state index contributed by atoms with van der Waals surface area (Å²) in [5.74, 6) is -0.320. The first kappa shape index (κ1) is 20.2. The number of nitrogens with two attached hydrogens (primary N) is 1. The molecule has 2 aliphatic rings. The lowest BCUT2D eigenvalue weighted by Crippen LogP contribution is -2.39. The van der Waals surface area contributed by atoms with E-state index in [0.717, 1.165) is 65.9 Å². The van der Waals surface area contributed by atoms with Crippen molar-refractivity contribution in [2.75, 3.05) is 23.7 Å². The topological polar surface area (TPSA) is 71.2 Å². The number of hydrogen-bond acceptors (Lipinski definition) is 5. The predicted molar refractivity (Wildman–Crippen MR) is 125 cm³/mol. The van der Waals surface area contributed by atoms with Crippen molar-refractivity contribution in [1.82, 2.24) is 10.3 Å². The SMILES string of the molecule is Cc1ccc2c(N)c(C(=O)N[C@@H]3CCc4cc(N5CCCCC5)c(F)cc4C3)sc2n1. The largest absolute Gasteiger partial charge is 0.397 e. The van der Waals surface area contributed by atoms with Crippen LogP contribution in [0.15, 0.2) is 24.3 Å². The zero-order valence-corrected chi connectivity index (χ0v) is 18.5. The Bertz CT molecular complexity index is 1150. The Morgan fingerprint density at radius 2 is 2.03 bits per heavy atom. The molecule has 1 amide bonds. The second-order valence-electron chi connectivity index (χ2n) is 8.68. The number of rotatable bonds is 3. The van der Waals surface area contributed by atoms with Gasteiger partial charge in [0.2, 0.25) is 0 Å². The van der Waals surface area contributed by atoms with Crippen molar-refractivity contribution >= 4 is 38.8 Å². The fourth-order valence-corrected chi connectivity index (χ4v) is 5.82. The number of pyridine rings is 1. The van der Waals surface area contributed by atoms with Crippen LogP contribution in [0.1, 0.15) is 52.2 Å². The van der Waals surface area contributed by atoms with E-state index in [2.05, 4.69) is 15.2 Å². The summed E-state index contributed by atoms with van der Waals surface area (Å²) >= 11 is 1.33. The highest BCUT2D eigenvalue weighted by Gasteiger charge is 2.26. The average Bonchev–Trinajstić information content (AvgIpc) is 3.09. The molecule has 2 aromatic heterocycles. The van der Waals surface area contributed by atoms with Crippen LogP contribution in [-0.2, 0) is 12.8 Å². The molecule has 5 rings (SSSR count). The lowest BCUT2D eigenvalue weighted by molar-refractivity contribution is 0.0938. The number of aromatic nitrogens is 1. The minimum absolute atomic E-state index is 0.0282. The van der Waals surface area contributed by atoms with E-state index in [1.807, 2.05) is 25.1 Å². The van der Waals surface area contributed by atoms with Crippen LogP contribution < -0.4 is 16.0 Å². The number of anilines is 2. The van der Waals surface area contributed by atoms with E-state index in [4.69, 9.17) is 5.73 Å². The zero-order chi connectivity index (χ0) is 21.5. The number of hydrogen-bond donors (Lipinski definition) is 2. The molecule has 3 aromatic rings. The number of amides is 1. The van der Waals surface area contributed by atoms with E-state index in [-0.39, 0.29) is 17.8 Å². The van der Waals surface area contributed by atoms with Gasteiger partial charge in [-0.25, -0.2) is 9.37 Å². The van der Waals surface area contributed by atoms with Crippen molar-refractivity contribution in [1.29, 1.82) is 0 Å². The molecule has 0 saturated carbocycles. The summed E-state index contributed by atoms with van der Waals surface area (Å²) < 4.78 is 14.9. The summed E-state index contributed by atoms with van der Waals surface area (Å²) in [5, 5.41) is 3.94. The molecule has 3 N–H and O–H groups in total. The third-order valence-electron chi connectivity index (χ3n) is 6.47. The van der Waals surface area contributed by atoms with Crippen LogP contribution in [-0.4, -0.2) is 30.0 Å². The Hall–Kier alpha value is -2.67. The number of carbonyl (C=O) groups excluding carboxylic acids is 1. The van der Waals surface area contributed by atoms with Gasteiger partial charge in [-0.05, 0) is 80.8 Å². The Morgan fingerprint density at radius 1 is 1.23 bits per heavy atom. The molecular weight excluding hydrogens is 411 g/mol. The summed E-state index contributed by atoms with van der Waals surface area (Å²) in [5.41, 5.74) is 10.6. The molecule has 1 aliphatic heterocycles. The molecule has 0 unspecified atom stereocenters. The van der Waals surface area contributed by atoms with Gasteiger partial charge in [0.05, 0.1) is 11.4 Å². The van der Waals surface area contributed by atoms with Crippen molar-refractivity contribution in [2.45, 2.75) is 51.5 Å². The first-order valence-electron chi connectivity index (χ1n) is 11.0. The van der Waals surface area contributed by atoms with Crippen molar-refractivity contribution in [2.24, 2.45) is 0 Å². The van der Waals surface area contributed by atoms with Gasteiger partial charge in [0.25, 0.3) is 5.91 Å². The molecule has 3 heterocycles. The lowest BCUT2D eigenvalue weighted by Gasteiger charge is -2.31. The van der Waals surface area contributed by atoms with E-state index >= 15 is 0 Å². The summed E-state index contributed by atoms with van der Waals surface area (Å²) in [6, 6.07) is 7.50. The second kappa shape index (κ2) is 8.11. The summed E-state index contributed by atoms with van der Waals surface area (Å²) in [4.78, 5) is 20.9. The Morgan fingerprint density at radius 3 is 2.84 bits per heavy atom. The molecule has 7 heteroatoms. The fraction of sp³-hybridized carbons (Fsp3) is 0.417. The van der Waals surface area contributed by atoms with Crippen LogP contribution in [0.2, 0.25) is 0 Å². The highest BCUT2D eigenvalue weighted by Crippen LogP contribution is 2.34. The maximum atomic E-state index is 14.9. The monoisotopic (exact) mass is 438 g/mol. The van der Waals surface area contributed by atoms with Gasteiger partial charge in [0.1, 0.15) is 15.5 Å². The summed E-state index contributed by atoms with van der Waals surface area (Å²) in [6.07, 6.45) is 5.79. The second-order valence-corrected chi connectivity index (χ2v) is 9.68. The number of aryl methyl sites for hydroxylation is 2. The molecule has 162 valence electrons. The average molecular weight is 439 g/mol. The molecule has 0 bridgehead atoms. The summed E-state index contributed by atoms with van der Waals surface area (Å²) in [7, 11) is 0. The highest BCUT2D eigenvalue weighted by molar-refractivity contribution is 7.21. The van der Waals surface area contributed by atoms with Gasteiger partial charge in [-0.1, -0.05) is 0 Å². The smallest absolute Gasteiger partial charge is 0.263 e. The molecule has 1 aliphatic carbocycles. The number of nitrogens with zero attached hydrogens (tertiary/aromatic N) is 2. The number of nitrogens with one attached hydrogen (secondary N) is 1. The Kier molecular flexibility index (Phi) is 5.30. The quantitative estimate of drug-likeness (QED) is 0.627. The van der Waals surface area contributed by atoms with Crippen molar-refractivity contribution in [3.8, 4) is 0 Å². The molecule has 31 heavy (non-hydrogen) atoms. The number of thiophene rings is 1. The molecule has 1 saturated heterocycles. The maximum absolute atomic E-state index is 14.9. The van der Waals surface area contributed by atoms with Crippen LogP contribution in [0.25, 0.3) is 10.2 Å². The first-order chi connectivity index (χ1) is 15.0. The van der Waals surface area contributed by atoms with Crippen molar-refractivity contribution in [3.63, 3.8) is 0 Å². The highest BCUT2D eigenvalue weighted by atomic mass is 32.1. The molecule has 1 aromatic carbocycles. The van der Waals surface area contributed by atoms with E-state index < -0.39 is 0 Å². The van der Waals surface area contributed by atoms with E-state index in [1.165, 1.54) is 23.3 Å². The van der Waals surface area contributed by atoms with Gasteiger partial charge in [-0.2, -0.15) is 0 Å². The minimum atomic E-state index is -0.169. The minimum Gasteiger partial charge on any atom is -0.397 e. The number of halogens is 1. The number of benzene rings is 1. The van der Waals surface area contributed by atoms with Gasteiger partial charge < -0.3 is 16.0 Å². The number of carbonyl (C=O) groups is 1. The van der Waals surface area contributed by atoms with Gasteiger partial charge >= 0.3 is 0 Å². The van der Waals surface area contributed by atoms with Gasteiger partial charge in [-0.15, -0.1) is 11.3 Å². The number of piperidine rings is 1. The standard InChI is InChI=1S/C24H27FN4OS/c1-14-5-8-18-21(26)22(31-24(18)27-14)23(30)28-17-7-6-15-13-20(19(25)12-16(15)11-17)29-9-3-2-4-10-29/h5,8,12-13,17H,2-4,6-7,9-11,26H2,1H3,(H,28,30)/t17-/m1/s1. The van der Waals surface area contributed by atoms with Gasteiger partial charge in [0, 0.05) is 30.2 Å². The van der Waals surface area contributed by atoms with Crippen LogP contribution >= 0.6 is 11.3 Å². The van der Waals surface area contributed by atoms with E-state index in [9.17, 15) is 9.18 Å². The molecular formula is C24H27FN4OS. The van der Waals surface area contributed by atoms with Crippen LogP contribution in [0.3, 0.4) is 0 Å². The Balaban J connectivity index is 1.32. The van der Waals surface area contributed by atoms with Crippen LogP contribution in [0.4, 0.5) is 15.8 Å². The fourth-order valence-electron chi connectivity index (χ4n) is 4.78. The number of fused-ring (bicyclic) bond motifs is 2. The predicted octanol–water partition coefficient (Wildman–Crippen LogP) is 4.60. The summed E-state index contributed by atoms with van der Waals surface area (Å²) in [6.45, 7) is 3.78. The number of nitrogen functional groups attached to an aromatic ring is 1. The van der Waals surface area contributed by atoms with Crippen LogP contribution in [0.5, 0.6) is 0 Å². The normalized spacial score (nSPS) is 18.8. The van der Waals surface area contributed by atoms with Crippen molar-refractivity contribution in [3.05, 3.63) is 51.8 Å². The molecule has 5 nitrogen and oxygen atoms in total. The van der Waals surface area contributed by atoms with Gasteiger partial charge in [-0.3, -0.25) is 4.79 Å². The maximum Gasteiger partial charge on any atom is 0.263 e. The third kappa shape index (κ3) is 3.87. The Labute approximate surface area is 185 Å². The van der Waals surface area contributed by atoms with E-state index in [0.29, 0.717) is 17.0 Å². The molecule has 0 radical (unpaired) electrons. The molecule has 1 atom stereocenters.